The van der Waals surface area contributed by atoms with E-state index in [2.05, 4.69) is 15.5 Å². The smallest absolute Gasteiger partial charge is 0.328 e. The highest BCUT2D eigenvalue weighted by Crippen LogP contribution is 2.23. The SMILES string of the molecule is COC(=O)[C@@H](Nc1nc(CN2CCN(C(=O)NC(C)C)CC2)nc2ccccc12)C(C)C. The van der Waals surface area contributed by atoms with Crippen LogP contribution in [0, 0.1) is 5.92 Å². The molecule has 1 fully saturated rings. The second-order valence-electron chi connectivity index (χ2n) is 8.76. The summed E-state index contributed by atoms with van der Waals surface area (Å²) in [5, 5.41) is 7.09. The topological polar surface area (TPSA) is 99.7 Å². The predicted molar refractivity (Wildman–Crippen MR) is 124 cm³/mol. The molecule has 9 nitrogen and oxygen atoms in total. The first kappa shape index (κ1) is 23.7. The number of piperazine rings is 1. The van der Waals surface area contributed by atoms with Crippen molar-refractivity contribution in [2.45, 2.75) is 46.3 Å². The minimum atomic E-state index is -0.505. The summed E-state index contributed by atoms with van der Waals surface area (Å²) in [4.78, 5) is 38.1. The van der Waals surface area contributed by atoms with Gasteiger partial charge in [-0.3, -0.25) is 4.90 Å². The molecule has 2 heterocycles. The van der Waals surface area contributed by atoms with Crippen molar-refractivity contribution in [2.24, 2.45) is 5.92 Å². The van der Waals surface area contributed by atoms with Crippen LogP contribution in [-0.4, -0.2) is 77.1 Å². The molecule has 2 aromatic rings. The van der Waals surface area contributed by atoms with Crippen molar-refractivity contribution in [2.75, 3.05) is 38.6 Å². The number of fused-ring (bicyclic) bond motifs is 1. The molecule has 174 valence electrons. The Balaban J connectivity index is 1.75. The highest BCUT2D eigenvalue weighted by molar-refractivity contribution is 5.91. The van der Waals surface area contributed by atoms with E-state index in [-0.39, 0.29) is 24.0 Å². The van der Waals surface area contributed by atoms with Crippen LogP contribution < -0.4 is 10.6 Å². The first-order chi connectivity index (χ1) is 15.3. The highest BCUT2D eigenvalue weighted by Gasteiger charge is 2.25. The normalized spacial score (nSPS) is 15.8. The van der Waals surface area contributed by atoms with Crippen LogP contribution in [0.2, 0.25) is 0 Å². The van der Waals surface area contributed by atoms with E-state index in [4.69, 9.17) is 14.7 Å². The molecule has 1 saturated heterocycles. The summed E-state index contributed by atoms with van der Waals surface area (Å²) >= 11 is 0. The summed E-state index contributed by atoms with van der Waals surface area (Å²) in [6.45, 7) is 11.2. The van der Waals surface area contributed by atoms with E-state index in [1.165, 1.54) is 7.11 Å². The number of amides is 2. The lowest BCUT2D eigenvalue weighted by Crippen LogP contribution is -2.52. The van der Waals surface area contributed by atoms with Gasteiger partial charge in [-0.1, -0.05) is 26.0 Å². The van der Waals surface area contributed by atoms with Crippen molar-refractivity contribution >= 4 is 28.7 Å². The molecule has 1 aliphatic rings. The Morgan fingerprint density at radius 1 is 1.06 bits per heavy atom. The Morgan fingerprint density at radius 2 is 1.75 bits per heavy atom. The van der Waals surface area contributed by atoms with Gasteiger partial charge in [0.2, 0.25) is 0 Å². The highest BCUT2D eigenvalue weighted by atomic mass is 16.5. The number of carbonyl (C=O) groups excluding carboxylic acids is 2. The van der Waals surface area contributed by atoms with Gasteiger partial charge in [-0.25, -0.2) is 19.6 Å². The Bertz CT molecular complexity index is 940. The second-order valence-corrected chi connectivity index (χ2v) is 8.76. The molecule has 0 spiro atoms. The standard InChI is InChI=1S/C23H34N6O3/c1-15(2)20(22(30)32-5)27-21-17-8-6-7-9-18(17)25-19(26-21)14-28-10-12-29(13-11-28)23(31)24-16(3)4/h6-9,15-16,20H,10-14H2,1-5H3,(H,24,31)(H,25,26,27)/t20-/m0/s1. The van der Waals surface area contributed by atoms with Crippen molar-refractivity contribution in [1.82, 2.24) is 25.1 Å². The van der Waals surface area contributed by atoms with Gasteiger partial charge >= 0.3 is 12.0 Å². The number of nitrogens with one attached hydrogen (secondary N) is 2. The number of hydrogen-bond acceptors (Lipinski definition) is 7. The zero-order chi connectivity index (χ0) is 23.3. The van der Waals surface area contributed by atoms with Crippen molar-refractivity contribution in [3.8, 4) is 0 Å². The molecule has 1 aliphatic heterocycles. The summed E-state index contributed by atoms with van der Waals surface area (Å²) in [5.74, 6) is 1.02. The molecule has 0 radical (unpaired) electrons. The number of aromatic nitrogens is 2. The number of para-hydroxylation sites is 1. The van der Waals surface area contributed by atoms with Crippen LogP contribution in [0.25, 0.3) is 10.9 Å². The predicted octanol–water partition coefficient (Wildman–Crippen LogP) is 2.47. The van der Waals surface area contributed by atoms with E-state index < -0.39 is 6.04 Å². The number of ether oxygens (including phenoxy) is 1. The molecule has 1 atom stereocenters. The van der Waals surface area contributed by atoms with Gasteiger partial charge in [0.05, 0.1) is 19.2 Å². The molecule has 1 aromatic carbocycles. The van der Waals surface area contributed by atoms with E-state index >= 15 is 0 Å². The third-order valence-corrected chi connectivity index (χ3v) is 5.50. The number of nitrogens with zero attached hydrogens (tertiary/aromatic N) is 4. The number of benzene rings is 1. The monoisotopic (exact) mass is 442 g/mol. The molecule has 2 N–H and O–H groups in total. The number of carbonyl (C=O) groups is 2. The summed E-state index contributed by atoms with van der Waals surface area (Å²) in [7, 11) is 1.39. The van der Waals surface area contributed by atoms with Crippen LogP contribution in [0.15, 0.2) is 24.3 Å². The number of methoxy groups -OCH3 is 1. The van der Waals surface area contributed by atoms with Gasteiger partial charge in [-0.05, 0) is 31.9 Å². The maximum Gasteiger partial charge on any atom is 0.328 e. The summed E-state index contributed by atoms with van der Waals surface area (Å²) in [6, 6.07) is 7.36. The molecule has 3 rings (SSSR count). The van der Waals surface area contributed by atoms with E-state index in [9.17, 15) is 9.59 Å². The molecule has 0 saturated carbocycles. The number of esters is 1. The average molecular weight is 443 g/mol. The minimum absolute atomic E-state index is 0.0179. The lowest BCUT2D eigenvalue weighted by atomic mass is 10.0. The summed E-state index contributed by atoms with van der Waals surface area (Å²) in [6.07, 6.45) is 0. The number of anilines is 1. The van der Waals surface area contributed by atoms with Gasteiger partial charge in [0.15, 0.2) is 0 Å². The Kier molecular flexibility index (Phi) is 7.84. The summed E-state index contributed by atoms with van der Waals surface area (Å²) in [5.41, 5.74) is 0.822. The molecule has 9 heteroatoms. The van der Waals surface area contributed by atoms with Crippen LogP contribution in [-0.2, 0) is 16.1 Å². The van der Waals surface area contributed by atoms with Gasteiger partial charge < -0.3 is 20.3 Å². The quantitative estimate of drug-likeness (QED) is 0.636. The maximum atomic E-state index is 12.3. The molecule has 0 bridgehead atoms. The van der Waals surface area contributed by atoms with Crippen LogP contribution in [0.3, 0.4) is 0 Å². The zero-order valence-corrected chi connectivity index (χ0v) is 19.6. The minimum Gasteiger partial charge on any atom is -0.467 e. The fourth-order valence-corrected chi connectivity index (χ4v) is 3.72. The number of hydrogen-bond donors (Lipinski definition) is 2. The first-order valence-corrected chi connectivity index (χ1v) is 11.2. The van der Waals surface area contributed by atoms with Gasteiger partial charge in [-0.2, -0.15) is 0 Å². The van der Waals surface area contributed by atoms with Gasteiger partial charge in [-0.15, -0.1) is 0 Å². The lowest BCUT2D eigenvalue weighted by molar-refractivity contribution is -0.142. The molecule has 2 amide bonds. The van der Waals surface area contributed by atoms with E-state index in [1.807, 2.05) is 56.9 Å². The summed E-state index contributed by atoms with van der Waals surface area (Å²) < 4.78 is 4.97. The van der Waals surface area contributed by atoms with Crippen molar-refractivity contribution in [3.05, 3.63) is 30.1 Å². The van der Waals surface area contributed by atoms with E-state index in [0.29, 0.717) is 31.3 Å². The second kappa shape index (κ2) is 10.6. The molecule has 32 heavy (non-hydrogen) atoms. The van der Waals surface area contributed by atoms with Crippen LogP contribution >= 0.6 is 0 Å². The average Bonchev–Trinajstić information content (AvgIpc) is 2.76. The molecule has 0 aliphatic carbocycles. The van der Waals surface area contributed by atoms with Crippen molar-refractivity contribution in [3.63, 3.8) is 0 Å². The van der Waals surface area contributed by atoms with E-state index in [0.717, 1.165) is 24.0 Å². The van der Waals surface area contributed by atoms with Gasteiger partial charge in [0, 0.05) is 37.6 Å². The Hall–Kier alpha value is -2.94. The number of rotatable bonds is 7. The van der Waals surface area contributed by atoms with Crippen LogP contribution in [0.5, 0.6) is 0 Å². The third kappa shape index (κ3) is 5.85. The maximum absolute atomic E-state index is 12.3. The van der Waals surface area contributed by atoms with Crippen molar-refractivity contribution in [1.29, 1.82) is 0 Å². The van der Waals surface area contributed by atoms with Gasteiger partial charge in [0.1, 0.15) is 17.7 Å². The van der Waals surface area contributed by atoms with E-state index in [1.54, 1.807) is 0 Å². The first-order valence-electron chi connectivity index (χ1n) is 11.2. The molecule has 0 unspecified atom stereocenters. The zero-order valence-electron chi connectivity index (χ0n) is 19.6. The Morgan fingerprint density at radius 3 is 2.38 bits per heavy atom. The lowest BCUT2D eigenvalue weighted by Gasteiger charge is -2.34. The third-order valence-electron chi connectivity index (χ3n) is 5.50. The Labute approximate surface area is 189 Å². The number of urea groups is 1. The van der Waals surface area contributed by atoms with Crippen molar-refractivity contribution < 1.29 is 14.3 Å². The van der Waals surface area contributed by atoms with Crippen LogP contribution in [0.1, 0.15) is 33.5 Å². The molecular weight excluding hydrogens is 408 g/mol. The fourth-order valence-electron chi connectivity index (χ4n) is 3.72. The largest absolute Gasteiger partial charge is 0.467 e. The van der Waals surface area contributed by atoms with Crippen LogP contribution in [0.4, 0.5) is 10.6 Å². The molecular formula is C23H34N6O3. The fraction of sp³-hybridized carbons (Fsp3) is 0.565. The molecule has 1 aromatic heterocycles. The van der Waals surface area contributed by atoms with Gasteiger partial charge in [0.25, 0.3) is 0 Å².